The molecule has 4 rings (SSSR count). The maximum Gasteiger partial charge on any atom is 0.231 e. The van der Waals surface area contributed by atoms with Gasteiger partial charge in [-0.25, -0.2) is 0 Å². The number of piperazine rings is 1. The molecule has 1 aliphatic carbocycles. The summed E-state index contributed by atoms with van der Waals surface area (Å²) in [5, 5.41) is 3.63. The van der Waals surface area contributed by atoms with Crippen LogP contribution in [0.15, 0.2) is 0 Å². The first-order chi connectivity index (χ1) is 9.29. The molecule has 0 spiro atoms. The van der Waals surface area contributed by atoms with E-state index < -0.39 is 0 Å². The lowest BCUT2D eigenvalue weighted by molar-refractivity contribution is 0.578. The van der Waals surface area contributed by atoms with E-state index in [1.54, 1.807) is 0 Å². The lowest BCUT2D eigenvalue weighted by Gasteiger charge is -2.28. The minimum atomic E-state index is 0.305. The predicted octanol–water partition coefficient (Wildman–Crippen LogP) is 0.391. The summed E-state index contributed by atoms with van der Waals surface area (Å²) in [6, 6.07) is 0. The molecule has 7 heteroatoms. The third-order valence-electron chi connectivity index (χ3n) is 4.25. The maximum atomic E-state index is 6.06. The minimum Gasteiger partial charge on any atom is -0.340 e. The zero-order chi connectivity index (χ0) is 12.8. The van der Waals surface area contributed by atoms with Crippen LogP contribution in [0.5, 0.6) is 0 Å². The molecule has 0 amide bonds. The maximum absolute atomic E-state index is 6.06. The van der Waals surface area contributed by atoms with Crippen LogP contribution in [0.3, 0.4) is 0 Å². The van der Waals surface area contributed by atoms with Crippen molar-refractivity contribution < 1.29 is 0 Å². The van der Waals surface area contributed by atoms with Gasteiger partial charge in [0.05, 0.1) is 0 Å². The van der Waals surface area contributed by atoms with Crippen molar-refractivity contribution in [3.05, 3.63) is 5.28 Å². The molecule has 2 unspecified atom stereocenters. The van der Waals surface area contributed by atoms with Crippen molar-refractivity contribution in [1.82, 2.24) is 20.3 Å². The average Bonchev–Trinajstić information content (AvgIpc) is 3.05. The Hall–Kier alpha value is -1.14. The second-order valence-electron chi connectivity index (χ2n) is 5.60. The molecule has 0 radical (unpaired) electrons. The van der Waals surface area contributed by atoms with Crippen molar-refractivity contribution in [1.29, 1.82) is 0 Å². The molecule has 1 aromatic heterocycles. The largest absolute Gasteiger partial charge is 0.340 e. The first kappa shape index (κ1) is 11.7. The Morgan fingerprint density at radius 3 is 2.26 bits per heavy atom. The molecule has 2 aliphatic heterocycles. The predicted molar refractivity (Wildman–Crippen MR) is 73.7 cm³/mol. The van der Waals surface area contributed by atoms with Gasteiger partial charge < -0.3 is 15.1 Å². The normalized spacial score (nSPS) is 29.5. The molecule has 1 N–H and O–H groups in total. The molecule has 102 valence electrons. The molecular formula is C12H17ClN6. The number of aromatic nitrogens is 3. The van der Waals surface area contributed by atoms with Gasteiger partial charge >= 0.3 is 0 Å². The molecule has 3 heterocycles. The van der Waals surface area contributed by atoms with E-state index in [9.17, 15) is 0 Å². The number of hydrogen-bond acceptors (Lipinski definition) is 6. The third-order valence-corrected chi connectivity index (χ3v) is 4.42. The molecule has 2 saturated heterocycles. The first-order valence-electron chi connectivity index (χ1n) is 6.92. The highest BCUT2D eigenvalue weighted by Gasteiger charge is 2.46. The molecule has 0 bridgehead atoms. The van der Waals surface area contributed by atoms with Crippen molar-refractivity contribution >= 4 is 23.5 Å². The zero-order valence-corrected chi connectivity index (χ0v) is 11.5. The van der Waals surface area contributed by atoms with Gasteiger partial charge in [-0.05, 0) is 29.9 Å². The van der Waals surface area contributed by atoms with E-state index >= 15 is 0 Å². The van der Waals surface area contributed by atoms with Gasteiger partial charge in [0, 0.05) is 39.3 Å². The van der Waals surface area contributed by atoms with Gasteiger partial charge in [0.2, 0.25) is 17.2 Å². The Balaban J connectivity index is 1.59. The smallest absolute Gasteiger partial charge is 0.231 e. The molecule has 1 aromatic rings. The Morgan fingerprint density at radius 2 is 1.58 bits per heavy atom. The van der Waals surface area contributed by atoms with Crippen molar-refractivity contribution in [3.8, 4) is 0 Å². The highest BCUT2D eigenvalue weighted by atomic mass is 35.5. The van der Waals surface area contributed by atoms with Crippen LogP contribution in [0, 0.1) is 11.8 Å². The van der Waals surface area contributed by atoms with Gasteiger partial charge in [-0.2, -0.15) is 15.0 Å². The number of fused-ring (bicyclic) bond motifs is 1. The van der Waals surface area contributed by atoms with Crippen molar-refractivity contribution in [2.75, 3.05) is 49.1 Å². The summed E-state index contributed by atoms with van der Waals surface area (Å²) in [5.74, 6) is 3.19. The number of piperidine rings is 1. The van der Waals surface area contributed by atoms with Crippen molar-refractivity contribution in [2.24, 2.45) is 11.8 Å². The minimum absolute atomic E-state index is 0.305. The number of halogens is 1. The van der Waals surface area contributed by atoms with E-state index in [4.69, 9.17) is 11.6 Å². The van der Waals surface area contributed by atoms with E-state index in [2.05, 4.69) is 30.1 Å². The van der Waals surface area contributed by atoms with E-state index in [1.807, 2.05) is 0 Å². The summed E-state index contributed by atoms with van der Waals surface area (Å²) < 4.78 is 0. The van der Waals surface area contributed by atoms with Crippen LogP contribution in [-0.2, 0) is 0 Å². The fourth-order valence-electron chi connectivity index (χ4n) is 3.04. The van der Waals surface area contributed by atoms with Crippen LogP contribution in [0.4, 0.5) is 11.9 Å². The van der Waals surface area contributed by atoms with Crippen molar-refractivity contribution in [2.45, 2.75) is 6.42 Å². The lowest BCUT2D eigenvalue weighted by Crippen LogP contribution is -2.44. The van der Waals surface area contributed by atoms with Crippen LogP contribution in [0.25, 0.3) is 0 Å². The van der Waals surface area contributed by atoms with Crippen molar-refractivity contribution in [3.63, 3.8) is 0 Å². The Bertz CT molecular complexity index is 459. The van der Waals surface area contributed by atoms with E-state index in [-0.39, 0.29) is 0 Å². The Labute approximate surface area is 117 Å². The molecule has 6 nitrogen and oxygen atoms in total. The van der Waals surface area contributed by atoms with Gasteiger partial charge in [0.25, 0.3) is 0 Å². The summed E-state index contributed by atoms with van der Waals surface area (Å²) in [4.78, 5) is 17.6. The standard InChI is InChI=1S/C12H17ClN6/c13-10-15-11(18-3-1-14-2-4-18)17-12(16-10)19-6-8-5-9(8)7-19/h8-9,14H,1-7H2. The first-order valence-corrected chi connectivity index (χ1v) is 7.29. The van der Waals surface area contributed by atoms with E-state index in [0.29, 0.717) is 5.28 Å². The summed E-state index contributed by atoms with van der Waals surface area (Å²) in [5.41, 5.74) is 0. The summed E-state index contributed by atoms with van der Waals surface area (Å²) >= 11 is 6.06. The lowest BCUT2D eigenvalue weighted by atomic mass is 10.4. The van der Waals surface area contributed by atoms with Crippen LogP contribution in [0.1, 0.15) is 6.42 Å². The molecular weight excluding hydrogens is 264 g/mol. The number of anilines is 2. The van der Waals surface area contributed by atoms with Crippen LogP contribution in [-0.4, -0.2) is 54.2 Å². The SMILES string of the molecule is Clc1nc(N2CCNCC2)nc(N2CC3CC3C2)n1. The van der Waals surface area contributed by atoms with Gasteiger partial charge in [0.1, 0.15) is 0 Å². The topological polar surface area (TPSA) is 57.2 Å². The molecule has 3 fully saturated rings. The quantitative estimate of drug-likeness (QED) is 0.846. The van der Waals surface area contributed by atoms with Crippen LogP contribution >= 0.6 is 11.6 Å². The highest BCUT2D eigenvalue weighted by molar-refractivity contribution is 6.28. The van der Waals surface area contributed by atoms with E-state index in [1.165, 1.54) is 6.42 Å². The van der Waals surface area contributed by atoms with Crippen LogP contribution in [0.2, 0.25) is 5.28 Å². The molecule has 19 heavy (non-hydrogen) atoms. The Morgan fingerprint density at radius 1 is 0.947 bits per heavy atom. The number of rotatable bonds is 2. The number of nitrogens with zero attached hydrogens (tertiary/aromatic N) is 5. The fourth-order valence-corrected chi connectivity index (χ4v) is 3.19. The van der Waals surface area contributed by atoms with Crippen LogP contribution < -0.4 is 15.1 Å². The monoisotopic (exact) mass is 280 g/mol. The van der Waals surface area contributed by atoms with E-state index in [0.717, 1.165) is 63.0 Å². The second kappa shape index (κ2) is 4.45. The molecule has 2 atom stereocenters. The second-order valence-corrected chi connectivity index (χ2v) is 5.94. The number of nitrogens with one attached hydrogen (secondary N) is 1. The van der Waals surface area contributed by atoms with Gasteiger partial charge in [0.15, 0.2) is 0 Å². The third kappa shape index (κ3) is 2.23. The zero-order valence-electron chi connectivity index (χ0n) is 10.7. The number of hydrogen-bond donors (Lipinski definition) is 1. The summed E-state index contributed by atoms with van der Waals surface area (Å²) in [6.45, 7) is 5.92. The fraction of sp³-hybridized carbons (Fsp3) is 0.750. The average molecular weight is 281 g/mol. The summed E-state index contributed by atoms with van der Waals surface area (Å²) in [7, 11) is 0. The van der Waals surface area contributed by atoms with Gasteiger partial charge in [-0.1, -0.05) is 0 Å². The molecule has 1 saturated carbocycles. The van der Waals surface area contributed by atoms with Gasteiger partial charge in [-0.3, -0.25) is 0 Å². The van der Waals surface area contributed by atoms with Gasteiger partial charge in [-0.15, -0.1) is 0 Å². The Kier molecular flexibility index (Phi) is 2.73. The molecule has 0 aromatic carbocycles. The molecule has 3 aliphatic rings. The highest BCUT2D eigenvalue weighted by Crippen LogP contribution is 2.45. The summed E-state index contributed by atoms with van der Waals surface area (Å²) in [6.07, 6.45) is 1.37.